The Labute approximate surface area is 233 Å². The molecule has 0 bridgehead atoms. The normalized spacial score (nSPS) is 14.8. The molecule has 2 N–H and O–H groups in total. The van der Waals surface area contributed by atoms with Crippen LogP contribution in [-0.4, -0.2) is 27.4 Å². The number of carbonyl (C=O) groups excluding carboxylic acids is 3. The maximum atomic E-state index is 13.5. The van der Waals surface area contributed by atoms with Crippen LogP contribution in [-0.2, 0) is 20.9 Å². The number of hydrogen-bond acceptors (Lipinski definition) is 4. The zero-order valence-electron chi connectivity index (χ0n) is 20.0. The summed E-state index contributed by atoms with van der Waals surface area (Å²) in [4.78, 5) is 40.5. The van der Waals surface area contributed by atoms with Crippen LogP contribution >= 0.6 is 35.4 Å². The average Bonchev–Trinajstić information content (AvgIpc) is 3.22. The molecule has 1 aliphatic heterocycles. The lowest BCUT2D eigenvalue weighted by Crippen LogP contribution is -2.54. The number of fused-ring (bicyclic) bond motifs is 1. The van der Waals surface area contributed by atoms with Crippen molar-refractivity contribution in [3.8, 4) is 0 Å². The van der Waals surface area contributed by atoms with Crippen molar-refractivity contribution < 1.29 is 14.4 Å². The Morgan fingerprint density at radius 2 is 1.76 bits per heavy atom. The topological polar surface area (TPSA) is 83.4 Å². The molecule has 5 rings (SSSR count). The van der Waals surface area contributed by atoms with Gasteiger partial charge in [0.2, 0.25) is 5.91 Å². The number of thiocarbonyl (C=S) groups is 1. The third-order valence-electron chi connectivity index (χ3n) is 6.14. The monoisotopic (exact) mass is 562 g/mol. The minimum absolute atomic E-state index is 0.0182. The quantitative estimate of drug-likeness (QED) is 0.185. The molecule has 0 radical (unpaired) electrons. The summed E-state index contributed by atoms with van der Waals surface area (Å²) in [5.41, 5.74) is 3.05. The molecule has 38 heavy (non-hydrogen) atoms. The van der Waals surface area contributed by atoms with Crippen LogP contribution in [0.2, 0.25) is 10.0 Å². The molecule has 1 aromatic heterocycles. The van der Waals surface area contributed by atoms with E-state index in [4.69, 9.17) is 35.4 Å². The highest BCUT2D eigenvalue weighted by Gasteiger charge is 2.35. The second kappa shape index (κ2) is 10.4. The molecular formula is C28H20Cl2N4O3S. The molecule has 0 saturated carbocycles. The summed E-state index contributed by atoms with van der Waals surface area (Å²) in [6.45, 7) is 1.79. The number of benzene rings is 3. The Hall–Kier alpha value is -3.98. The molecule has 7 nitrogen and oxygen atoms in total. The fourth-order valence-corrected chi connectivity index (χ4v) is 4.85. The van der Waals surface area contributed by atoms with Gasteiger partial charge >= 0.3 is 0 Å². The third-order valence-corrected chi connectivity index (χ3v) is 7.09. The van der Waals surface area contributed by atoms with Gasteiger partial charge < -0.3 is 9.88 Å². The summed E-state index contributed by atoms with van der Waals surface area (Å²) in [7, 11) is 0. The van der Waals surface area contributed by atoms with Crippen molar-refractivity contribution in [2.24, 2.45) is 0 Å². The van der Waals surface area contributed by atoms with Crippen LogP contribution in [0.15, 0.2) is 78.5 Å². The van der Waals surface area contributed by atoms with Crippen LogP contribution < -0.4 is 15.5 Å². The van der Waals surface area contributed by atoms with Gasteiger partial charge in [0.15, 0.2) is 5.11 Å². The summed E-state index contributed by atoms with van der Waals surface area (Å²) < 4.78 is 1.77. The number of nitrogens with zero attached hydrogens (tertiary/aromatic N) is 2. The molecule has 0 atom stereocenters. The van der Waals surface area contributed by atoms with Gasteiger partial charge in [0.1, 0.15) is 12.1 Å². The van der Waals surface area contributed by atoms with Gasteiger partial charge in [0, 0.05) is 38.4 Å². The molecule has 4 aromatic rings. The van der Waals surface area contributed by atoms with E-state index < -0.39 is 11.8 Å². The van der Waals surface area contributed by atoms with Crippen LogP contribution in [0, 0.1) is 6.92 Å². The van der Waals surface area contributed by atoms with E-state index in [1.807, 2.05) is 24.3 Å². The lowest BCUT2D eigenvalue weighted by atomic mass is 10.1. The minimum Gasteiger partial charge on any atom is -0.337 e. The van der Waals surface area contributed by atoms with Crippen LogP contribution in [0.5, 0.6) is 0 Å². The van der Waals surface area contributed by atoms with E-state index in [9.17, 15) is 14.4 Å². The summed E-state index contributed by atoms with van der Waals surface area (Å²) in [5.74, 6) is -1.42. The molecule has 1 saturated heterocycles. The number of carbonyl (C=O) groups is 3. The molecule has 2 heterocycles. The Bertz CT molecular complexity index is 1660. The second-order valence-electron chi connectivity index (χ2n) is 8.63. The van der Waals surface area contributed by atoms with E-state index in [-0.39, 0.29) is 23.1 Å². The number of amides is 3. The molecule has 3 aromatic carbocycles. The zero-order valence-corrected chi connectivity index (χ0v) is 22.3. The molecular weight excluding hydrogens is 543 g/mol. The van der Waals surface area contributed by atoms with Gasteiger partial charge in [0.25, 0.3) is 11.8 Å². The minimum atomic E-state index is -0.603. The molecule has 190 valence electrons. The van der Waals surface area contributed by atoms with Gasteiger partial charge in [-0.3, -0.25) is 24.6 Å². The van der Waals surface area contributed by atoms with Gasteiger partial charge in [-0.2, -0.15) is 0 Å². The van der Waals surface area contributed by atoms with Crippen LogP contribution in [0.4, 0.5) is 11.4 Å². The van der Waals surface area contributed by atoms with Gasteiger partial charge in [-0.15, -0.1) is 0 Å². The maximum absolute atomic E-state index is 13.5. The number of para-hydroxylation sites is 1. The molecule has 3 amide bonds. The molecule has 0 aliphatic carbocycles. The first-order chi connectivity index (χ1) is 18.2. The second-order valence-corrected chi connectivity index (χ2v) is 9.86. The van der Waals surface area contributed by atoms with E-state index in [1.54, 1.807) is 60.2 Å². The van der Waals surface area contributed by atoms with Crippen LogP contribution in [0.25, 0.3) is 17.0 Å². The van der Waals surface area contributed by atoms with E-state index in [0.29, 0.717) is 32.5 Å². The van der Waals surface area contributed by atoms with Crippen molar-refractivity contribution in [2.45, 2.75) is 13.5 Å². The van der Waals surface area contributed by atoms with Crippen molar-refractivity contribution in [1.29, 1.82) is 0 Å². The van der Waals surface area contributed by atoms with Gasteiger partial charge in [-0.05, 0) is 73.2 Å². The predicted octanol–water partition coefficient (Wildman–Crippen LogP) is 5.73. The molecule has 1 aliphatic rings. The van der Waals surface area contributed by atoms with E-state index in [1.165, 1.54) is 11.0 Å². The lowest BCUT2D eigenvalue weighted by Gasteiger charge is -2.30. The highest BCUT2D eigenvalue weighted by molar-refractivity contribution is 7.80. The zero-order chi connectivity index (χ0) is 27.0. The fraction of sp³-hybridized carbons (Fsp3) is 0.0714. The van der Waals surface area contributed by atoms with Crippen molar-refractivity contribution in [1.82, 2.24) is 9.88 Å². The first kappa shape index (κ1) is 25.7. The maximum Gasteiger partial charge on any atom is 0.270 e. The molecule has 0 spiro atoms. The van der Waals surface area contributed by atoms with E-state index >= 15 is 0 Å². The smallest absolute Gasteiger partial charge is 0.270 e. The Morgan fingerprint density at radius 1 is 1.03 bits per heavy atom. The van der Waals surface area contributed by atoms with Crippen LogP contribution in [0.3, 0.4) is 0 Å². The predicted molar refractivity (Wildman–Crippen MR) is 154 cm³/mol. The van der Waals surface area contributed by atoms with E-state index in [0.717, 1.165) is 10.9 Å². The van der Waals surface area contributed by atoms with E-state index in [2.05, 4.69) is 10.6 Å². The number of nitrogens with one attached hydrogen (secondary N) is 2. The first-order valence-corrected chi connectivity index (χ1v) is 12.7. The average molecular weight is 563 g/mol. The molecule has 1 fully saturated rings. The van der Waals surface area contributed by atoms with Crippen LogP contribution in [0.1, 0.15) is 11.1 Å². The summed E-state index contributed by atoms with van der Waals surface area (Å²) in [5, 5.41) is 7.24. The highest BCUT2D eigenvalue weighted by atomic mass is 35.5. The fourth-order valence-electron chi connectivity index (χ4n) is 4.28. The Kier molecular flexibility index (Phi) is 7.03. The number of hydrogen-bond donors (Lipinski definition) is 2. The summed E-state index contributed by atoms with van der Waals surface area (Å²) in [6, 6.07) is 19.4. The standard InChI is InChI=1S/C28H20Cl2N4O3S/c1-16-22(30)6-4-8-23(16)34-27(37)21(26(36)32-28(34)38)13-17-14-33(24-7-3-2-5-20(17)24)15-25(35)31-19-11-9-18(29)10-12-19/h2-14H,15H2,1H3,(H,31,35)(H,32,36,38)/b21-13+. The van der Waals surface area contributed by atoms with Crippen molar-refractivity contribution in [3.05, 3.63) is 99.7 Å². The number of rotatable bonds is 5. The SMILES string of the molecule is Cc1c(Cl)cccc1N1C(=O)/C(=C/c2cn(CC(=O)Nc3ccc(Cl)cc3)c3ccccc23)C(=O)NC1=S. The van der Waals surface area contributed by atoms with Crippen molar-refractivity contribution in [3.63, 3.8) is 0 Å². The number of halogens is 2. The Morgan fingerprint density at radius 3 is 2.53 bits per heavy atom. The molecule has 0 unspecified atom stereocenters. The third kappa shape index (κ3) is 4.93. The first-order valence-electron chi connectivity index (χ1n) is 11.5. The van der Waals surface area contributed by atoms with Gasteiger partial charge in [-0.1, -0.05) is 47.5 Å². The number of aromatic nitrogens is 1. The summed E-state index contributed by atoms with van der Waals surface area (Å²) >= 11 is 17.5. The van der Waals surface area contributed by atoms with Gasteiger partial charge in [0.05, 0.1) is 5.69 Å². The lowest BCUT2D eigenvalue weighted by molar-refractivity contribution is -0.122. The summed E-state index contributed by atoms with van der Waals surface area (Å²) in [6.07, 6.45) is 3.25. The highest BCUT2D eigenvalue weighted by Crippen LogP contribution is 2.31. The van der Waals surface area contributed by atoms with Gasteiger partial charge in [-0.25, -0.2) is 0 Å². The molecule has 10 heteroatoms. The largest absolute Gasteiger partial charge is 0.337 e. The number of anilines is 2. The van der Waals surface area contributed by atoms with Crippen molar-refractivity contribution >= 4 is 86.6 Å². The Balaban J connectivity index is 1.49. The van der Waals surface area contributed by atoms with Crippen molar-refractivity contribution in [2.75, 3.05) is 10.2 Å².